The molecule has 0 atom stereocenters. The molecule has 2 heterocycles. The molecule has 2 aromatic heterocycles. The molecule has 0 bridgehead atoms. The zero-order valence-electron chi connectivity index (χ0n) is 13.6. The average Bonchev–Trinajstić information content (AvgIpc) is 3.01. The van der Waals surface area contributed by atoms with E-state index in [0.717, 1.165) is 0 Å². The van der Waals surface area contributed by atoms with Crippen molar-refractivity contribution in [1.82, 2.24) is 14.7 Å². The van der Waals surface area contributed by atoms with Crippen LogP contribution in [0, 0.1) is 0 Å². The molecule has 0 aliphatic heterocycles. The van der Waals surface area contributed by atoms with Crippen molar-refractivity contribution in [2.45, 2.75) is 13.2 Å². The van der Waals surface area contributed by atoms with E-state index >= 15 is 0 Å². The van der Waals surface area contributed by atoms with Gasteiger partial charge in [-0.05, 0) is 24.3 Å². The van der Waals surface area contributed by atoms with Gasteiger partial charge in [-0.1, -0.05) is 17.7 Å². The highest BCUT2D eigenvalue weighted by atomic mass is 35.5. The van der Waals surface area contributed by atoms with E-state index in [1.165, 1.54) is 25.3 Å². The number of amides is 1. The van der Waals surface area contributed by atoms with Crippen LogP contribution in [0.5, 0.6) is 11.5 Å². The van der Waals surface area contributed by atoms with Crippen molar-refractivity contribution in [3.05, 3.63) is 59.0 Å². The topological polar surface area (TPSA) is 64.9 Å². The molecule has 6 nitrogen and oxygen atoms in total. The minimum atomic E-state index is -3.08. The van der Waals surface area contributed by atoms with Gasteiger partial charge >= 0.3 is 6.61 Å². The summed E-state index contributed by atoms with van der Waals surface area (Å²) in [4.78, 5) is 16.7. The van der Waals surface area contributed by atoms with E-state index in [4.69, 9.17) is 16.3 Å². The third-order valence-electron chi connectivity index (χ3n) is 3.55. The summed E-state index contributed by atoms with van der Waals surface area (Å²) in [6.07, 6.45) is 3.40. The number of aromatic nitrogens is 2. The Bertz CT molecular complexity index is 946. The van der Waals surface area contributed by atoms with Crippen LogP contribution in [0.1, 0.15) is 16.1 Å². The first-order valence-corrected chi connectivity index (χ1v) is 7.89. The van der Waals surface area contributed by atoms with E-state index in [1.807, 2.05) is 0 Å². The second-order valence-electron chi connectivity index (χ2n) is 5.24. The molecule has 0 saturated carbocycles. The Morgan fingerprint density at radius 3 is 2.85 bits per heavy atom. The first kappa shape index (κ1) is 17.9. The van der Waals surface area contributed by atoms with Gasteiger partial charge in [0, 0.05) is 12.4 Å². The first-order valence-electron chi connectivity index (χ1n) is 7.51. The normalized spacial score (nSPS) is 11.0. The van der Waals surface area contributed by atoms with Crippen molar-refractivity contribution in [2.24, 2.45) is 0 Å². The van der Waals surface area contributed by atoms with E-state index in [9.17, 15) is 13.6 Å². The minimum Gasteiger partial charge on any atom is -0.493 e. The van der Waals surface area contributed by atoms with E-state index in [2.05, 4.69) is 15.0 Å². The molecule has 1 amide bonds. The van der Waals surface area contributed by atoms with Gasteiger partial charge in [0.05, 0.1) is 29.9 Å². The number of alkyl halides is 2. The second kappa shape index (κ2) is 7.57. The van der Waals surface area contributed by atoms with Gasteiger partial charge in [0.15, 0.2) is 11.5 Å². The molecule has 0 spiro atoms. The van der Waals surface area contributed by atoms with E-state index in [1.54, 1.807) is 28.9 Å². The number of fused-ring (bicyclic) bond motifs is 1. The lowest BCUT2D eigenvalue weighted by Gasteiger charge is -2.14. The Labute approximate surface area is 152 Å². The number of rotatable bonds is 6. The third-order valence-corrected chi connectivity index (χ3v) is 3.77. The number of ether oxygens (including phenoxy) is 2. The van der Waals surface area contributed by atoms with Crippen molar-refractivity contribution in [1.29, 1.82) is 0 Å². The van der Waals surface area contributed by atoms with Crippen LogP contribution in [-0.4, -0.2) is 29.0 Å². The van der Waals surface area contributed by atoms with Crippen molar-refractivity contribution in [3.63, 3.8) is 0 Å². The summed E-state index contributed by atoms with van der Waals surface area (Å²) in [5.74, 6) is -0.862. The largest absolute Gasteiger partial charge is 0.493 e. The number of imidazole rings is 1. The Morgan fingerprint density at radius 2 is 2.12 bits per heavy atom. The predicted octanol–water partition coefficient (Wildman–Crippen LogP) is 3.53. The lowest BCUT2D eigenvalue weighted by Crippen LogP contribution is -2.24. The standard InChI is InChI=1S/C17H14ClF2N3O3/c1-25-13-4-2-3-12(15(13)26-17(19)20)16(24)21-7-11-9-23-8-10(18)5-6-14(23)22-11/h2-6,8-9,17H,7H2,1H3,(H,21,24). The Morgan fingerprint density at radius 1 is 1.31 bits per heavy atom. The summed E-state index contributed by atoms with van der Waals surface area (Å²) in [6, 6.07) is 7.76. The molecule has 136 valence electrons. The maximum absolute atomic E-state index is 12.6. The van der Waals surface area contributed by atoms with Gasteiger partial charge in [0.1, 0.15) is 5.65 Å². The first-order chi connectivity index (χ1) is 12.5. The molecular weight excluding hydrogens is 368 g/mol. The van der Waals surface area contributed by atoms with Gasteiger partial charge in [-0.3, -0.25) is 4.79 Å². The van der Waals surface area contributed by atoms with Crippen molar-refractivity contribution < 1.29 is 23.0 Å². The van der Waals surface area contributed by atoms with Crippen LogP contribution in [0.2, 0.25) is 5.02 Å². The Balaban J connectivity index is 1.79. The number of methoxy groups -OCH3 is 1. The molecule has 0 aliphatic carbocycles. The van der Waals surface area contributed by atoms with Gasteiger partial charge < -0.3 is 19.2 Å². The summed E-state index contributed by atoms with van der Waals surface area (Å²) in [7, 11) is 1.30. The molecular formula is C17H14ClF2N3O3. The van der Waals surface area contributed by atoms with Crippen LogP contribution >= 0.6 is 11.6 Å². The molecule has 0 radical (unpaired) electrons. The average molecular weight is 382 g/mol. The fourth-order valence-corrected chi connectivity index (χ4v) is 2.60. The van der Waals surface area contributed by atoms with Gasteiger partial charge in [-0.25, -0.2) is 4.98 Å². The molecule has 1 N–H and O–H groups in total. The second-order valence-corrected chi connectivity index (χ2v) is 5.68. The number of benzene rings is 1. The maximum atomic E-state index is 12.6. The summed E-state index contributed by atoms with van der Waals surface area (Å²) < 4.78 is 36.5. The Hall–Kier alpha value is -2.87. The van der Waals surface area contributed by atoms with Crippen LogP contribution < -0.4 is 14.8 Å². The lowest BCUT2D eigenvalue weighted by molar-refractivity contribution is -0.0515. The highest BCUT2D eigenvalue weighted by Gasteiger charge is 2.20. The fourth-order valence-electron chi connectivity index (χ4n) is 2.43. The fraction of sp³-hybridized carbons (Fsp3) is 0.176. The monoisotopic (exact) mass is 381 g/mol. The number of halogens is 3. The molecule has 3 aromatic rings. The van der Waals surface area contributed by atoms with Crippen LogP contribution in [0.25, 0.3) is 5.65 Å². The van der Waals surface area contributed by atoms with E-state index in [-0.39, 0.29) is 23.6 Å². The van der Waals surface area contributed by atoms with Gasteiger partial charge in [0.2, 0.25) is 0 Å². The SMILES string of the molecule is COc1cccc(C(=O)NCc2cn3cc(Cl)ccc3n2)c1OC(F)F. The smallest absolute Gasteiger partial charge is 0.387 e. The molecule has 1 aromatic carbocycles. The predicted molar refractivity (Wildman–Crippen MR) is 91.0 cm³/mol. The van der Waals surface area contributed by atoms with Crippen molar-refractivity contribution in [2.75, 3.05) is 7.11 Å². The molecule has 0 unspecified atom stereocenters. The van der Waals surface area contributed by atoms with Crippen LogP contribution in [-0.2, 0) is 6.54 Å². The molecule has 0 aliphatic rings. The zero-order chi connectivity index (χ0) is 18.7. The van der Waals surface area contributed by atoms with E-state index < -0.39 is 12.5 Å². The van der Waals surface area contributed by atoms with Crippen LogP contribution in [0.3, 0.4) is 0 Å². The molecule has 3 rings (SSSR count). The molecule has 0 fully saturated rings. The van der Waals surface area contributed by atoms with Gasteiger partial charge in [-0.15, -0.1) is 0 Å². The molecule has 0 saturated heterocycles. The maximum Gasteiger partial charge on any atom is 0.387 e. The number of carbonyl (C=O) groups is 1. The Kier molecular flexibility index (Phi) is 5.22. The summed E-state index contributed by atoms with van der Waals surface area (Å²) in [5.41, 5.74) is 1.19. The van der Waals surface area contributed by atoms with Gasteiger partial charge in [0.25, 0.3) is 5.91 Å². The van der Waals surface area contributed by atoms with Crippen LogP contribution in [0.15, 0.2) is 42.7 Å². The number of hydrogen-bond donors (Lipinski definition) is 1. The summed E-state index contributed by atoms with van der Waals surface area (Å²) in [5, 5.41) is 3.18. The quantitative estimate of drug-likeness (QED) is 0.709. The van der Waals surface area contributed by atoms with Crippen molar-refractivity contribution >= 4 is 23.2 Å². The number of pyridine rings is 1. The molecule has 26 heavy (non-hydrogen) atoms. The highest BCUT2D eigenvalue weighted by molar-refractivity contribution is 6.30. The van der Waals surface area contributed by atoms with Crippen LogP contribution in [0.4, 0.5) is 8.78 Å². The lowest BCUT2D eigenvalue weighted by atomic mass is 10.1. The molecule has 9 heteroatoms. The minimum absolute atomic E-state index is 0.0420. The van der Waals surface area contributed by atoms with E-state index in [0.29, 0.717) is 16.4 Å². The number of nitrogens with zero attached hydrogens (tertiary/aromatic N) is 2. The summed E-state index contributed by atoms with van der Waals surface area (Å²) in [6.45, 7) is -2.98. The highest BCUT2D eigenvalue weighted by Crippen LogP contribution is 2.32. The number of para-hydroxylation sites is 1. The summed E-state index contributed by atoms with van der Waals surface area (Å²) >= 11 is 5.92. The van der Waals surface area contributed by atoms with Crippen molar-refractivity contribution in [3.8, 4) is 11.5 Å². The number of hydrogen-bond acceptors (Lipinski definition) is 4. The third kappa shape index (κ3) is 3.85. The number of carbonyl (C=O) groups excluding carboxylic acids is 1. The zero-order valence-corrected chi connectivity index (χ0v) is 14.3. The number of nitrogens with one attached hydrogen (secondary N) is 1. The van der Waals surface area contributed by atoms with Gasteiger partial charge in [-0.2, -0.15) is 8.78 Å².